The number of aromatic nitrogens is 2. The van der Waals surface area contributed by atoms with Gasteiger partial charge in [-0.05, 0) is 18.2 Å². The van der Waals surface area contributed by atoms with Crippen molar-refractivity contribution in [3.63, 3.8) is 0 Å². The Labute approximate surface area is 149 Å². The molecule has 1 aromatic heterocycles. The van der Waals surface area contributed by atoms with E-state index >= 15 is 4.39 Å². The second-order valence-electron chi connectivity index (χ2n) is 5.19. The Bertz CT molecular complexity index is 887. The molecule has 3 N–H and O–H groups in total. The summed E-state index contributed by atoms with van der Waals surface area (Å²) in [6, 6.07) is 11.2. The molecule has 0 radical (unpaired) electrons. The molecular weight excluding hydrogens is 339 g/mol. The number of nitrogens with two attached hydrogens (primary N) is 1. The molecule has 5 nitrogen and oxygen atoms in total. The fourth-order valence-electron chi connectivity index (χ4n) is 2.56. The van der Waals surface area contributed by atoms with Crippen LogP contribution >= 0.6 is 11.9 Å². The van der Waals surface area contributed by atoms with Gasteiger partial charge in [0.1, 0.15) is 5.82 Å². The highest BCUT2D eigenvalue weighted by atomic mass is 32.2. The van der Waals surface area contributed by atoms with E-state index in [9.17, 15) is 0 Å². The van der Waals surface area contributed by atoms with E-state index in [4.69, 9.17) is 10.5 Å². The molecule has 3 aromatic rings. The molecule has 128 valence electrons. The van der Waals surface area contributed by atoms with Crippen LogP contribution in [0.5, 0.6) is 5.75 Å². The Morgan fingerprint density at radius 1 is 1.04 bits per heavy atom. The van der Waals surface area contributed by atoms with Crippen molar-refractivity contribution in [2.45, 2.75) is 0 Å². The number of rotatable bonds is 5. The van der Waals surface area contributed by atoms with Gasteiger partial charge < -0.3 is 15.2 Å². The van der Waals surface area contributed by atoms with Crippen LogP contribution in [0.25, 0.3) is 22.4 Å². The minimum absolute atomic E-state index is 0.159. The van der Waals surface area contributed by atoms with Gasteiger partial charge in [-0.1, -0.05) is 30.1 Å². The predicted octanol–water partition coefficient (Wildman–Crippen LogP) is 4.23. The third-order valence-electron chi connectivity index (χ3n) is 3.68. The number of nitrogens with zero attached hydrogens (tertiary/aromatic N) is 2. The predicted molar refractivity (Wildman–Crippen MR) is 101 cm³/mol. The number of nitrogen functional groups attached to an aromatic ring is 1. The van der Waals surface area contributed by atoms with Crippen LogP contribution in [0.1, 0.15) is 0 Å². The summed E-state index contributed by atoms with van der Waals surface area (Å²) in [6.45, 7) is 0. The molecular formula is C18H17FN4OS. The number of methoxy groups -OCH3 is 1. The number of benzene rings is 2. The molecule has 0 bridgehead atoms. The first-order chi connectivity index (χ1) is 12.2. The molecule has 0 amide bonds. The molecule has 0 fully saturated rings. The number of para-hydroxylation sites is 1. The highest BCUT2D eigenvalue weighted by Gasteiger charge is 2.19. The fraction of sp³-hybridized carbons (Fsp3) is 0.111. The highest BCUT2D eigenvalue weighted by Crippen LogP contribution is 2.40. The molecule has 25 heavy (non-hydrogen) atoms. The van der Waals surface area contributed by atoms with Gasteiger partial charge in [0.05, 0.1) is 30.9 Å². The van der Waals surface area contributed by atoms with Gasteiger partial charge >= 0.3 is 0 Å². The van der Waals surface area contributed by atoms with Crippen LogP contribution in [0, 0.1) is 5.82 Å². The lowest BCUT2D eigenvalue weighted by Gasteiger charge is -2.15. The zero-order valence-corrected chi connectivity index (χ0v) is 14.6. The summed E-state index contributed by atoms with van der Waals surface area (Å²) in [7, 11) is 1.45. The van der Waals surface area contributed by atoms with Crippen LogP contribution in [-0.4, -0.2) is 23.3 Å². The van der Waals surface area contributed by atoms with Crippen molar-refractivity contribution < 1.29 is 9.13 Å². The summed E-state index contributed by atoms with van der Waals surface area (Å²) in [5.74, 6) is -0.0469. The van der Waals surface area contributed by atoms with Gasteiger partial charge in [0, 0.05) is 22.9 Å². The highest BCUT2D eigenvalue weighted by molar-refractivity contribution is 7.99. The summed E-state index contributed by atoms with van der Waals surface area (Å²) in [5.41, 5.74) is 8.64. The third kappa shape index (κ3) is 3.36. The van der Waals surface area contributed by atoms with Gasteiger partial charge in [0.15, 0.2) is 11.6 Å². The first-order valence-electron chi connectivity index (χ1n) is 7.48. The number of hydrogen-bond acceptors (Lipinski definition) is 6. The van der Waals surface area contributed by atoms with E-state index in [1.807, 2.05) is 36.6 Å². The summed E-state index contributed by atoms with van der Waals surface area (Å²) >= 11 is 1.47. The number of ether oxygens (including phenoxy) is 1. The summed E-state index contributed by atoms with van der Waals surface area (Å²) in [6.07, 6.45) is 4.76. The second-order valence-corrected chi connectivity index (χ2v) is 5.80. The maximum absolute atomic E-state index is 15.1. The van der Waals surface area contributed by atoms with Crippen molar-refractivity contribution in [3.8, 4) is 28.1 Å². The van der Waals surface area contributed by atoms with E-state index in [2.05, 4.69) is 14.7 Å². The Balaban J connectivity index is 2.14. The van der Waals surface area contributed by atoms with E-state index in [0.717, 1.165) is 11.3 Å². The molecule has 0 spiro atoms. The van der Waals surface area contributed by atoms with Crippen LogP contribution in [-0.2, 0) is 0 Å². The monoisotopic (exact) mass is 356 g/mol. The fourth-order valence-corrected chi connectivity index (χ4v) is 2.96. The lowest BCUT2D eigenvalue weighted by molar-refractivity contribution is 0.389. The van der Waals surface area contributed by atoms with Crippen LogP contribution in [0.3, 0.4) is 0 Å². The Morgan fingerprint density at radius 3 is 2.48 bits per heavy atom. The first kappa shape index (κ1) is 17.0. The number of hydrogen-bond donors (Lipinski definition) is 2. The molecule has 0 atom stereocenters. The van der Waals surface area contributed by atoms with Gasteiger partial charge in [0.25, 0.3) is 0 Å². The van der Waals surface area contributed by atoms with E-state index in [1.54, 1.807) is 6.07 Å². The largest absolute Gasteiger partial charge is 0.493 e. The Hall–Kier alpha value is -2.80. The van der Waals surface area contributed by atoms with Crippen molar-refractivity contribution in [1.82, 2.24) is 9.97 Å². The Kier molecular flexibility index (Phi) is 5.04. The van der Waals surface area contributed by atoms with E-state index in [-0.39, 0.29) is 11.6 Å². The number of nitrogens with one attached hydrogen (secondary N) is 1. The number of halogens is 1. The van der Waals surface area contributed by atoms with Gasteiger partial charge in [0.2, 0.25) is 0 Å². The van der Waals surface area contributed by atoms with Crippen LogP contribution in [0.2, 0.25) is 0 Å². The van der Waals surface area contributed by atoms with Crippen LogP contribution in [0.4, 0.5) is 15.9 Å². The SMILES string of the molecule is COc1c(-c2ccccc2NSC)ccc(-c2cnc(N)cn2)c1F. The molecule has 0 aliphatic heterocycles. The average molecular weight is 356 g/mol. The van der Waals surface area contributed by atoms with E-state index in [0.29, 0.717) is 16.8 Å². The van der Waals surface area contributed by atoms with Gasteiger partial charge in [-0.25, -0.2) is 9.37 Å². The molecule has 0 saturated carbocycles. The topological polar surface area (TPSA) is 73.1 Å². The standard InChI is InChI=1S/C18H17FN4OS/c1-24-18-12(11-5-3-4-6-14(11)23-25-2)7-8-13(17(18)19)15-9-22-16(20)10-21-15/h3-10,23H,1-2H3,(H2,20,22). The first-order valence-corrected chi connectivity index (χ1v) is 8.71. The lowest BCUT2D eigenvalue weighted by atomic mass is 9.99. The van der Waals surface area contributed by atoms with E-state index < -0.39 is 5.82 Å². The number of anilines is 2. The molecule has 0 saturated heterocycles. The molecule has 3 rings (SSSR count). The molecule has 0 aliphatic rings. The average Bonchev–Trinajstić information content (AvgIpc) is 2.63. The second kappa shape index (κ2) is 7.40. The minimum Gasteiger partial charge on any atom is -0.493 e. The Morgan fingerprint density at radius 2 is 1.80 bits per heavy atom. The van der Waals surface area contributed by atoms with Gasteiger partial charge in [-0.3, -0.25) is 4.98 Å². The summed E-state index contributed by atoms with van der Waals surface area (Å²) in [4.78, 5) is 8.10. The van der Waals surface area contributed by atoms with Crippen LogP contribution < -0.4 is 15.2 Å². The van der Waals surface area contributed by atoms with Crippen LogP contribution in [0.15, 0.2) is 48.8 Å². The van der Waals surface area contributed by atoms with Crippen molar-refractivity contribution in [3.05, 3.63) is 54.6 Å². The van der Waals surface area contributed by atoms with E-state index in [1.165, 1.54) is 31.5 Å². The molecule has 1 heterocycles. The van der Waals surface area contributed by atoms with Crippen molar-refractivity contribution in [2.75, 3.05) is 23.8 Å². The van der Waals surface area contributed by atoms with Gasteiger partial charge in [-0.15, -0.1) is 0 Å². The summed E-state index contributed by atoms with van der Waals surface area (Å²) in [5, 5.41) is 0. The molecule has 0 aliphatic carbocycles. The third-order valence-corrected chi connectivity index (χ3v) is 4.10. The maximum atomic E-state index is 15.1. The minimum atomic E-state index is -0.488. The smallest absolute Gasteiger partial charge is 0.175 e. The normalized spacial score (nSPS) is 10.5. The lowest BCUT2D eigenvalue weighted by Crippen LogP contribution is -1.99. The zero-order chi connectivity index (χ0) is 17.8. The summed E-state index contributed by atoms with van der Waals surface area (Å²) < 4.78 is 23.6. The zero-order valence-electron chi connectivity index (χ0n) is 13.8. The maximum Gasteiger partial charge on any atom is 0.175 e. The molecule has 0 unspecified atom stereocenters. The van der Waals surface area contributed by atoms with Gasteiger partial charge in [-0.2, -0.15) is 0 Å². The molecule has 7 heteroatoms. The van der Waals surface area contributed by atoms with Crippen molar-refractivity contribution in [1.29, 1.82) is 0 Å². The quantitative estimate of drug-likeness (QED) is 0.667. The van der Waals surface area contributed by atoms with Crippen molar-refractivity contribution >= 4 is 23.5 Å². The molecule has 2 aromatic carbocycles. The van der Waals surface area contributed by atoms with Crippen molar-refractivity contribution in [2.24, 2.45) is 0 Å².